The van der Waals surface area contributed by atoms with Crippen molar-refractivity contribution in [3.63, 3.8) is 0 Å². The molecule has 0 saturated carbocycles. The molecule has 0 aliphatic rings. The number of carbonyl (C=O) groups excluding carboxylic acids is 1. The zero-order valence-corrected chi connectivity index (χ0v) is 12.1. The fourth-order valence-corrected chi connectivity index (χ4v) is 2.36. The fraction of sp³-hybridized carbons (Fsp3) is 0.154. The number of nitrogen functional groups attached to an aromatic ring is 1. The lowest BCUT2D eigenvalue weighted by molar-refractivity contribution is -0.115. The van der Waals surface area contributed by atoms with Crippen LogP contribution in [0.5, 0.6) is 0 Å². The molecule has 5 nitrogen and oxygen atoms in total. The highest BCUT2D eigenvalue weighted by molar-refractivity contribution is 7.99. The Morgan fingerprint density at radius 3 is 2.85 bits per heavy atom. The van der Waals surface area contributed by atoms with E-state index in [0.717, 1.165) is 0 Å². The maximum absolute atomic E-state index is 11.8. The van der Waals surface area contributed by atoms with Crippen molar-refractivity contribution in [3.05, 3.63) is 41.7 Å². The lowest BCUT2D eigenvalue weighted by Crippen LogP contribution is -2.13. The summed E-state index contributed by atoms with van der Waals surface area (Å²) in [7, 11) is 0. The lowest BCUT2D eigenvalue weighted by Gasteiger charge is -2.08. The highest BCUT2D eigenvalue weighted by Crippen LogP contribution is 2.23. The van der Waals surface area contributed by atoms with Crippen molar-refractivity contribution < 1.29 is 4.79 Å². The molecule has 1 heterocycles. The molecule has 0 aliphatic carbocycles. The summed E-state index contributed by atoms with van der Waals surface area (Å²) in [5.41, 5.74) is 6.78. The van der Waals surface area contributed by atoms with Crippen LogP contribution in [0.4, 0.5) is 11.4 Å². The number of carbonyl (C=O) groups is 1. The predicted octanol–water partition coefficient (Wildman–Crippen LogP) is 2.83. The standard InChI is InChI=1S/C13H13ClN4OS/c14-9-2-3-10(15)11(8-9)18-12(19)4-7-20-13-16-5-1-6-17-13/h1-3,5-6,8H,4,7,15H2,(H,18,19). The molecule has 0 saturated heterocycles. The van der Waals surface area contributed by atoms with Gasteiger partial charge in [0, 0.05) is 29.6 Å². The van der Waals surface area contributed by atoms with Crippen molar-refractivity contribution in [1.29, 1.82) is 0 Å². The third kappa shape index (κ3) is 4.40. The summed E-state index contributed by atoms with van der Waals surface area (Å²) in [6.45, 7) is 0. The Morgan fingerprint density at radius 1 is 1.35 bits per heavy atom. The van der Waals surface area contributed by atoms with Gasteiger partial charge in [-0.15, -0.1) is 0 Å². The Labute approximate surface area is 126 Å². The number of benzene rings is 1. The van der Waals surface area contributed by atoms with Gasteiger partial charge < -0.3 is 11.1 Å². The summed E-state index contributed by atoms with van der Waals surface area (Å²) in [6.07, 6.45) is 3.68. The molecule has 0 atom stereocenters. The molecule has 0 unspecified atom stereocenters. The van der Waals surface area contributed by atoms with Crippen LogP contribution in [-0.2, 0) is 4.79 Å². The monoisotopic (exact) mass is 308 g/mol. The van der Waals surface area contributed by atoms with Crippen LogP contribution in [0.3, 0.4) is 0 Å². The van der Waals surface area contributed by atoms with Gasteiger partial charge in [-0.2, -0.15) is 0 Å². The summed E-state index contributed by atoms with van der Waals surface area (Å²) in [5.74, 6) is 0.471. The molecule has 0 spiro atoms. The van der Waals surface area contributed by atoms with Gasteiger partial charge in [0.25, 0.3) is 0 Å². The quantitative estimate of drug-likeness (QED) is 0.504. The van der Waals surface area contributed by atoms with Gasteiger partial charge in [-0.05, 0) is 24.3 Å². The highest BCUT2D eigenvalue weighted by Gasteiger charge is 2.06. The van der Waals surface area contributed by atoms with Gasteiger partial charge in [0.2, 0.25) is 5.91 Å². The topological polar surface area (TPSA) is 80.9 Å². The molecule has 3 N–H and O–H groups in total. The average Bonchev–Trinajstić information content (AvgIpc) is 2.44. The van der Waals surface area contributed by atoms with E-state index in [4.69, 9.17) is 17.3 Å². The van der Waals surface area contributed by atoms with Crippen molar-refractivity contribution in [1.82, 2.24) is 9.97 Å². The normalized spacial score (nSPS) is 10.2. The number of rotatable bonds is 5. The zero-order valence-electron chi connectivity index (χ0n) is 10.5. The van der Waals surface area contributed by atoms with E-state index in [1.807, 2.05) is 0 Å². The first-order chi connectivity index (χ1) is 9.65. The van der Waals surface area contributed by atoms with Crippen molar-refractivity contribution >= 4 is 40.6 Å². The predicted molar refractivity (Wildman–Crippen MR) is 81.9 cm³/mol. The van der Waals surface area contributed by atoms with Crippen LogP contribution in [0.2, 0.25) is 5.02 Å². The first-order valence-electron chi connectivity index (χ1n) is 5.90. The smallest absolute Gasteiger partial charge is 0.225 e. The molecular formula is C13H13ClN4OS. The number of aromatic nitrogens is 2. The van der Waals surface area contributed by atoms with Crippen LogP contribution < -0.4 is 11.1 Å². The third-order valence-corrected chi connectivity index (χ3v) is 3.50. The molecular weight excluding hydrogens is 296 g/mol. The average molecular weight is 309 g/mol. The van der Waals surface area contributed by atoms with Crippen LogP contribution in [0.25, 0.3) is 0 Å². The van der Waals surface area contributed by atoms with Gasteiger partial charge in [-0.25, -0.2) is 9.97 Å². The second kappa shape index (κ2) is 7.12. The van der Waals surface area contributed by atoms with Gasteiger partial charge in [0.15, 0.2) is 5.16 Å². The molecule has 1 aromatic heterocycles. The van der Waals surface area contributed by atoms with E-state index in [1.54, 1.807) is 36.7 Å². The molecule has 0 radical (unpaired) electrons. The fourth-order valence-electron chi connectivity index (χ4n) is 1.44. The number of halogens is 1. The first-order valence-corrected chi connectivity index (χ1v) is 7.26. The van der Waals surface area contributed by atoms with Crippen LogP contribution in [0.1, 0.15) is 6.42 Å². The highest BCUT2D eigenvalue weighted by atomic mass is 35.5. The molecule has 0 fully saturated rings. The van der Waals surface area contributed by atoms with Crippen LogP contribution in [0.15, 0.2) is 41.8 Å². The van der Waals surface area contributed by atoms with E-state index < -0.39 is 0 Å². The van der Waals surface area contributed by atoms with Gasteiger partial charge in [0.05, 0.1) is 11.4 Å². The Bertz CT molecular complexity index is 594. The number of hydrogen-bond acceptors (Lipinski definition) is 5. The van der Waals surface area contributed by atoms with Crippen molar-refractivity contribution in [2.24, 2.45) is 0 Å². The second-order valence-electron chi connectivity index (χ2n) is 3.91. The number of anilines is 2. The van der Waals surface area contributed by atoms with Crippen molar-refractivity contribution in [3.8, 4) is 0 Å². The SMILES string of the molecule is Nc1ccc(Cl)cc1NC(=O)CCSc1ncccn1. The number of nitrogens with one attached hydrogen (secondary N) is 1. The number of amides is 1. The van der Waals surface area contributed by atoms with E-state index in [1.165, 1.54) is 11.8 Å². The second-order valence-corrected chi connectivity index (χ2v) is 5.41. The number of nitrogens with two attached hydrogens (primary N) is 1. The summed E-state index contributed by atoms with van der Waals surface area (Å²) >= 11 is 7.28. The van der Waals surface area contributed by atoms with Gasteiger partial charge in [-0.1, -0.05) is 23.4 Å². The van der Waals surface area contributed by atoms with E-state index >= 15 is 0 Å². The molecule has 1 aromatic carbocycles. The molecule has 2 aromatic rings. The summed E-state index contributed by atoms with van der Waals surface area (Å²) in [4.78, 5) is 19.9. The zero-order chi connectivity index (χ0) is 14.4. The molecule has 1 amide bonds. The Hall–Kier alpha value is -1.79. The molecule has 2 rings (SSSR count). The summed E-state index contributed by atoms with van der Waals surface area (Å²) < 4.78 is 0. The minimum absolute atomic E-state index is 0.123. The molecule has 0 aliphatic heterocycles. The van der Waals surface area contributed by atoms with Crippen molar-refractivity contribution in [2.75, 3.05) is 16.8 Å². The maximum atomic E-state index is 11.8. The number of hydrogen-bond donors (Lipinski definition) is 2. The number of nitrogens with zero attached hydrogens (tertiary/aromatic N) is 2. The van der Waals surface area contributed by atoms with E-state index in [0.29, 0.717) is 33.7 Å². The van der Waals surface area contributed by atoms with Gasteiger partial charge in [0.1, 0.15) is 0 Å². The molecule has 0 bridgehead atoms. The maximum Gasteiger partial charge on any atom is 0.225 e. The van der Waals surface area contributed by atoms with E-state index in [-0.39, 0.29) is 5.91 Å². The Balaban J connectivity index is 1.82. The van der Waals surface area contributed by atoms with Gasteiger partial charge in [-0.3, -0.25) is 4.79 Å². The van der Waals surface area contributed by atoms with Crippen LogP contribution >= 0.6 is 23.4 Å². The molecule has 20 heavy (non-hydrogen) atoms. The summed E-state index contributed by atoms with van der Waals surface area (Å²) in [6, 6.07) is 6.71. The lowest BCUT2D eigenvalue weighted by atomic mass is 10.2. The van der Waals surface area contributed by atoms with Crippen LogP contribution in [0, 0.1) is 0 Å². The molecule has 7 heteroatoms. The third-order valence-electron chi connectivity index (χ3n) is 2.39. The van der Waals surface area contributed by atoms with E-state index in [9.17, 15) is 4.79 Å². The van der Waals surface area contributed by atoms with Crippen LogP contribution in [-0.4, -0.2) is 21.6 Å². The summed E-state index contributed by atoms with van der Waals surface area (Å²) in [5, 5.41) is 3.92. The first kappa shape index (κ1) is 14.6. The minimum atomic E-state index is -0.123. The van der Waals surface area contributed by atoms with Gasteiger partial charge >= 0.3 is 0 Å². The largest absolute Gasteiger partial charge is 0.397 e. The molecule has 104 valence electrons. The Morgan fingerprint density at radius 2 is 2.10 bits per heavy atom. The van der Waals surface area contributed by atoms with E-state index in [2.05, 4.69) is 15.3 Å². The Kier molecular flexibility index (Phi) is 5.20. The number of thioether (sulfide) groups is 1. The van der Waals surface area contributed by atoms with Crippen molar-refractivity contribution in [2.45, 2.75) is 11.6 Å². The minimum Gasteiger partial charge on any atom is -0.397 e.